The van der Waals surface area contributed by atoms with Gasteiger partial charge in [0.15, 0.2) is 0 Å². The number of benzene rings is 1. The highest BCUT2D eigenvalue weighted by molar-refractivity contribution is 5.95. The Hall–Kier alpha value is -3.20. The molecule has 26 heavy (non-hydrogen) atoms. The van der Waals surface area contributed by atoms with Crippen LogP contribution in [0.2, 0.25) is 0 Å². The standard InChI is InChI=1S/C20H20N4O2/c1-15-10-18(14-22-13-15)20(26)24-7-3-6-23(8-9-24)19(25)17-5-2-4-16(11-17)12-21/h2,4-5,10-11,13-14H,3,6-9H2,1H3. The van der Waals surface area contributed by atoms with E-state index in [1.54, 1.807) is 46.5 Å². The van der Waals surface area contributed by atoms with Crippen LogP contribution < -0.4 is 0 Å². The minimum absolute atomic E-state index is 0.0537. The van der Waals surface area contributed by atoms with Crippen molar-refractivity contribution in [3.8, 4) is 6.07 Å². The number of aromatic nitrogens is 1. The van der Waals surface area contributed by atoms with E-state index in [1.807, 2.05) is 13.0 Å². The van der Waals surface area contributed by atoms with Gasteiger partial charge in [-0.05, 0) is 43.2 Å². The predicted molar refractivity (Wildman–Crippen MR) is 96.6 cm³/mol. The lowest BCUT2D eigenvalue weighted by atomic mass is 10.1. The number of carbonyl (C=O) groups is 2. The first-order valence-corrected chi connectivity index (χ1v) is 8.59. The molecule has 2 aromatic rings. The normalized spacial score (nSPS) is 14.5. The molecule has 2 heterocycles. The van der Waals surface area contributed by atoms with Crippen molar-refractivity contribution >= 4 is 11.8 Å². The van der Waals surface area contributed by atoms with Crippen molar-refractivity contribution in [3.63, 3.8) is 0 Å². The second kappa shape index (κ2) is 7.79. The highest BCUT2D eigenvalue weighted by Crippen LogP contribution is 2.13. The monoisotopic (exact) mass is 348 g/mol. The van der Waals surface area contributed by atoms with Gasteiger partial charge in [0.1, 0.15) is 0 Å². The van der Waals surface area contributed by atoms with Crippen LogP contribution >= 0.6 is 0 Å². The van der Waals surface area contributed by atoms with Crippen molar-refractivity contribution in [2.24, 2.45) is 0 Å². The van der Waals surface area contributed by atoms with Gasteiger partial charge < -0.3 is 9.80 Å². The number of pyridine rings is 1. The molecule has 1 aliphatic heterocycles. The van der Waals surface area contributed by atoms with Gasteiger partial charge in [-0.1, -0.05) is 6.07 Å². The van der Waals surface area contributed by atoms with Crippen LogP contribution in [0.25, 0.3) is 0 Å². The van der Waals surface area contributed by atoms with Gasteiger partial charge in [0.25, 0.3) is 11.8 Å². The highest BCUT2D eigenvalue weighted by atomic mass is 16.2. The van der Waals surface area contributed by atoms with Gasteiger partial charge in [-0.3, -0.25) is 14.6 Å². The summed E-state index contributed by atoms with van der Waals surface area (Å²) in [6.45, 7) is 4.05. The number of hydrogen-bond acceptors (Lipinski definition) is 4. The molecule has 1 aromatic carbocycles. The second-order valence-corrected chi connectivity index (χ2v) is 6.38. The van der Waals surface area contributed by atoms with Crippen molar-refractivity contribution in [2.45, 2.75) is 13.3 Å². The first-order chi connectivity index (χ1) is 12.6. The molecule has 0 atom stereocenters. The smallest absolute Gasteiger partial charge is 0.255 e. The average molecular weight is 348 g/mol. The lowest BCUT2D eigenvalue weighted by Crippen LogP contribution is -2.37. The molecule has 2 amide bonds. The third-order valence-corrected chi connectivity index (χ3v) is 4.43. The van der Waals surface area contributed by atoms with E-state index in [2.05, 4.69) is 11.1 Å². The first-order valence-electron chi connectivity index (χ1n) is 8.59. The topological polar surface area (TPSA) is 77.3 Å². The number of carbonyl (C=O) groups excluding carboxylic acids is 2. The SMILES string of the molecule is Cc1cncc(C(=O)N2CCCN(C(=O)c3cccc(C#N)c3)CC2)c1. The molecule has 0 aliphatic carbocycles. The van der Waals surface area contributed by atoms with Gasteiger partial charge in [-0.25, -0.2) is 0 Å². The van der Waals surface area contributed by atoms with Crippen LogP contribution in [0, 0.1) is 18.3 Å². The maximum absolute atomic E-state index is 12.7. The molecule has 0 N–H and O–H groups in total. The van der Waals surface area contributed by atoms with Crippen LogP contribution in [0.4, 0.5) is 0 Å². The van der Waals surface area contributed by atoms with E-state index in [0.717, 1.165) is 5.56 Å². The van der Waals surface area contributed by atoms with Gasteiger partial charge in [0.2, 0.25) is 0 Å². The number of amides is 2. The van der Waals surface area contributed by atoms with Crippen LogP contribution in [0.3, 0.4) is 0 Å². The van der Waals surface area contributed by atoms with Gasteiger partial charge in [0.05, 0.1) is 17.2 Å². The van der Waals surface area contributed by atoms with E-state index in [0.29, 0.717) is 49.3 Å². The molecule has 0 radical (unpaired) electrons. The molecule has 0 unspecified atom stereocenters. The molecular weight excluding hydrogens is 328 g/mol. The van der Waals surface area contributed by atoms with E-state index >= 15 is 0 Å². The molecule has 1 saturated heterocycles. The molecule has 132 valence electrons. The Morgan fingerprint density at radius 3 is 2.35 bits per heavy atom. The van der Waals surface area contributed by atoms with Crippen LogP contribution in [-0.2, 0) is 0 Å². The molecule has 1 aliphatic rings. The number of aryl methyl sites for hydroxylation is 1. The zero-order chi connectivity index (χ0) is 18.5. The van der Waals surface area contributed by atoms with Crippen molar-refractivity contribution in [2.75, 3.05) is 26.2 Å². The Labute approximate surface area is 152 Å². The van der Waals surface area contributed by atoms with Crippen molar-refractivity contribution < 1.29 is 9.59 Å². The third-order valence-electron chi connectivity index (χ3n) is 4.43. The maximum atomic E-state index is 12.7. The average Bonchev–Trinajstić information content (AvgIpc) is 2.93. The second-order valence-electron chi connectivity index (χ2n) is 6.38. The fourth-order valence-electron chi connectivity index (χ4n) is 3.08. The van der Waals surface area contributed by atoms with Gasteiger partial charge in [-0.15, -0.1) is 0 Å². The summed E-state index contributed by atoms with van der Waals surface area (Å²) in [5.74, 6) is -0.157. The van der Waals surface area contributed by atoms with Crippen LogP contribution in [0.15, 0.2) is 42.7 Å². The number of nitrogens with zero attached hydrogens (tertiary/aromatic N) is 4. The Morgan fingerprint density at radius 1 is 1.00 bits per heavy atom. The van der Waals surface area contributed by atoms with Gasteiger partial charge >= 0.3 is 0 Å². The Kier molecular flexibility index (Phi) is 5.28. The maximum Gasteiger partial charge on any atom is 0.255 e. The lowest BCUT2D eigenvalue weighted by Gasteiger charge is -2.22. The fraction of sp³-hybridized carbons (Fsp3) is 0.300. The molecule has 0 spiro atoms. The van der Waals surface area contributed by atoms with E-state index in [4.69, 9.17) is 5.26 Å². The molecule has 1 aromatic heterocycles. The first kappa shape index (κ1) is 17.6. The summed E-state index contributed by atoms with van der Waals surface area (Å²) in [6.07, 6.45) is 4.01. The summed E-state index contributed by atoms with van der Waals surface area (Å²) in [7, 11) is 0. The molecule has 3 rings (SSSR count). The van der Waals surface area contributed by atoms with Crippen molar-refractivity contribution in [1.29, 1.82) is 5.26 Å². The van der Waals surface area contributed by atoms with Crippen LogP contribution in [0.5, 0.6) is 0 Å². The Morgan fingerprint density at radius 2 is 1.69 bits per heavy atom. The summed E-state index contributed by atoms with van der Waals surface area (Å²) in [4.78, 5) is 33.0. The van der Waals surface area contributed by atoms with Gasteiger partial charge in [-0.2, -0.15) is 5.26 Å². The van der Waals surface area contributed by atoms with E-state index in [1.165, 1.54) is 0 Å². The number of hydrogen-bond donors (Lipinski definition) is 0. The lowest BCUT2D eigenvalue weighted by molar-refractivity contribution is 0.0718. The van der Waals surface area contributed by atoms with Gasteiger partial charge in [0, 0.05) is 44.1 Å². The molecular formula is C20H20N4O2. The molecule has 0 saturated carbocycles. The Balaban J connectivity index is 1.69. The summed E-state index contributed by atoms with van der Waals surface area (Å²) in [5, 5.41) is 9.00. The summed E-state index contributed by atoms with van der Waals surface area (Å²) in [6, 6.07) is 10.6. The molecule has 6 heteroatoms. The van der Waals surface area contributed by atoms with E-state index in [-0.39, 0.29) is 11.8 Å². The Bertz CT molecular complexity index is 872. The van der Waals surface area contributed by atoms with Crippen LogP contribution in [0.1, 0.15) is 38.3 Å². The molecule has 1 fully saturated rings. The summed E-state index contributed by atoms with van der Waals surface area (Å²) < 4.78 is 0. The minimum Gasteiger partial charge on any atom is -0.337 e. The van der Waals surface area contributed by atoms with Crippen molar-refractivity contribution in [1.82, 2.24) is 14.8 Å². The summed E-state index contributed by atoms with van der Waals surface area (Å²) >= 11 is 0. The zero-order valence-corrected chi connectivity index (χ0v) is 14.7. The van der Waals surface area contributed by atoms with E-state index < -0.39 is 0 Å². The molecule has 6 nitrogen and oxygen atoms in total. The quantitative estimate of drug-likeness (QED) is 0.834. The van der Waals surface area contributed by atoms with E-state index in [9.17, 15) is 9.59 Å². The molecule has 0 bridgehead atoms. The number of rotatable bonds is 2. The fourth-order valence-corrected chi connectivity index (χ4v) is 3.08. The zero-order valence-electron chi connectivity index (χ0n) is 14.7. The minimum atomic E-state index is -0.103. The number of nitriles is 1. The van der Waals surface area contributed by atoms with Crippen LogP contribution in [-0.4, -0.2) is 52.8 Å². The van der Waals surface area contributed by atoms with Crippen molar-refractivity contribution in [3.05, 3.63) is 65.0 Å². The predicted octanol–water partition coefficient (Wildman–Crippen LogP) is 2.25. The third kappa shape index (κ3) is 3.89. The highest BCUT2D eigenvalue weighted by Gasteiger charge is 2.23. The largest absolute Gasteiger partial charge is 0.337 e. The summed E-state index contributed by atoms with van der Waals surface area (Å²) in [5.41, 5.74) is 2.49.